The van der Waals surface area contributed by atoms with Crippen molar-refractivity contribution in [2.75, 3.05) is 20.3 Å². The first-order valence-corrected chi connectivity index (χ1v) is 13.5. The number of carbonyl (C=O) groups excluding carboxylic acids is 2. The Balaban J connectivity index is 1.63. The van der Waals surface area contributed by atoms with Crippen molar-refractivity contribution >= 4 is 22.7 Å². The maximum Gasteiger partial charge on any atom is 0.333 e. The van der Waals surface area contributed by atoms with E-state index in [0.29, 0.717) is 28.4 Å². The molecule has 0 aliphatic carbocycles. The van der Waals surface area contributed by atoms with Crippen molar-refractivity contribution < 1.29 is 33.3 Å². The lowest BCUT2D eigenvalue weighted by molar-refractivity contribution is -0.147. The summed E-state index contributed by atoms with van der Waals surface area (Å²) in [6.45, 7) is 10.7. The van der Waals surface area contributed by atoms with E-state index in [9.17, 15) is 9.59 Å². The Hall–Kier alpha value is -5.04. The van der Waals surface area contributed by atoms with Crippen LogP contribution in [0.4, 0.5) is 0 Å². The predicted octanol–water partition coefficient (Wildman–Crippen LogP) is 7.33. The van der Waals surface area contributed by atoms with Crippen LogP contribution in [0.15, 0.2) is 115 Å². The molecule has 0 aromatic heterocycles. The van der Waals surface area contributed by atoms with Crippen LogP contribution in [0.2, 0.25) is 0 Å². The number of ether oxygens (including phenoxy) is 5. The molecule has 4 rings (SSSR count). The van der Waals surface area contributed by atoms with E-state index in [2.05, 4.69) is 13.2 Å². The summed E-state index contributed by atoms with van der Waals surface area (Å²) in [5, 5.41) is 1.50. The van der Waals surface area contributed by atoms with Crippen LogP contribution in [-0.2, 0) is 19.1 Å². The summed E-state index contributed by atoms with van der Waals surface area (Å²) in [7, 11) is 1.54. The highest BCUT2D eigenvalue weighted by molar-refractivity contribution is 5.95. The van der Waals surface area contributed by atoms with Crippen molar-refractivity contribution in [3.63, 3.8) is 0 Å². The SMILES string of the molecule is C=C(C)C(=O)OC(COc1cc(OC)c(OCC(OC(=O)C(=C)C)c2ccccc2)c2ccccc12)c1ccccc1. The Morgan fingerprint density at radius 1 is 0.643 bits per heavy atom. The van der Waals surface area contributed by atoms with E-state index in [1.54, 1.807) is 19.9 Å². The summed E-state index contributed by atoms with van der Waals surface area (Å²) in [6.07, 6.45) is -1.34. The standard InChI is InChI=1S/C35H34O7/c1-23(2)34(36)41-31(25-14-8-6-9-15-25)21-39-29-20-30(38-5)33(28-19-13-12-18-27(28)29)40-22-32(42-35(37)24(3)4)26-16-10-7-11-17-26/h6-20,31-32H,1,3,21-22H2,2,4-5H3. The summed E-state index contributed by atoms with van der Waals surface area (Å²) < 4.78 is 29.7. The van der Waals surface area contributed by atoms with E-state index >= 15 is 0 Å². The van der Waals surface area contributed by atoms with Crippen molar-refractivity contribution in [1.29, 1.82) is 0 Å². The lowest BCUT2D eigenvalue weighted by Crippen LogP contribution is -2.19. The molecule has 0 aliphatic rings. The maximum atomic E-state index is 12.4. The molecule has 0 spiro atoms. The molecule has 0 bridgehead atoms. The van der Waals surface area contributed by atoms with Gasteiger partial charge in [-0.25, -0.2) is 9.59 Å². The van der Waals surface area contributed by atoms with Gasteiger partial charge in [-0.2, -0.15) is 0 Å². The van der Waals surface area contributed by atoms with E-state index < -0.39 is 24.1 Å². The van der Waals surface area contributed by atoms with Crippen LogP contribution in [0.5, 0.6) is 17.2 Å². The first-order chi connectivity index (χ1) is 20.3. The zero-order chi connectivity index (χ0) is 30.1. The molecule has 4 aromatic rings. The van der Waals surface area contributed by atoms with Crippen LogP contribution >= 0.6 is 0 Å². The van der Waals surface area contributed by atoms with Crippen molar-refractivity contribution in [2.45, 2.75) is 26.1 Å². The van der Waals surface area contributed by atoms with Crippen LogP contribution in [0.3, 0.4) is 0 Å². The van der Waals surface area contributed by atoms with Crippen LogP contribution in [-0.4, -0.2) is 32.3 Å². The second-order valence-corrected chi connectivity index (χ2v) is 9.74. The number of hydrogen-bond donors (Lipinski definition) is 0. The molecule has 0 heterocycles. The molecule has 0 fully saturated rings. The monoisotopic (exact) mass is 566 g/mol. The quantitative estimate of drug-likeness (QED) is 0.124. The Morgan fingerprint density at radius 3 is 1.57 bits per heavy atom. The first kappa shape index (κ1) is 29.9. The van der Waals surface area contributed by atoms with Gasteiger partial charge in [-0.1, -0.05) is 98.1 Å². The molecule has 0 radical (unpaired) electrons. The van der Waals surface area contributed by atoms with Gasteiger partial charge in [-0.15, -0.1) is 0 Å². The van der Waals surface area contributed by atoms with Gasteiger partial charge in [0, 0.05) is 28.0 Å². The fraction of sp³-hybridized carbons (Fsp3) is 0.200. The molecule has 0 saturated carbocycles. The minimum Gasteiger partial charge on any atom is -0.493 e. The Kier molecular flexibility index (Phi) is 10.0. The number of carbonyl (C=O) groups is 2. The highest BCUT2D eigenvalue weighted by atomic mass is 16.6. The third-order valence-electron chi connectivity index (χ3n) is 6.45. The van der Waals surface area contributed by atoms with Gasteiger partial charge >= 0.3 is 11.9 Å². The van der Waals surface area contributed by atoms with Crippen molar-refractivity contribution in [3.8, 4) is 17.2 Å². The summed E-state index contributed by atoms with van der Waals surface area (Å²) in [6, 6.07) is 28.1. The average molecular weight is 567 g/mol. The fourth-order valence-electron chi connectivity index (χ4n) is 4.23. The van der Waals surface area contributed by atoms with E-state index in [4.69, 9.17) is 23.7 Å². The normalized spacial score (nSPS) is 12.1. The largest absolute Gasteiger partial charge is 0.493 e. The van der Waals surface area contributed by atoms with Crippen molar-refractivity contribution in [3.05, 3.63) is 126 Å². The number of rotatable bonds is 13. The first-order valence-electron chi connectivity index (χ1n) is 13.5. The number of methoxy groups -OCH3 is 1. The molecule has 0 amide bonds. The van der Waals surface area contributed by atoms with Crippen molar-refractivity contribution in [1.82, 2.24) is 0 Å². The molecular weight excluding hydrogens is 532 g/mol. The number of fused-ring (bicyclic) bond motifs is 1. The molecule has 0 saturated heterocycles. The minimum atomic E-state index is -0.676. The minimum absolute atomic E-state index is 0.0382. The van der Waals surface area contributed by atoms with Crippen LogP contribution in [0.25, 0.3) is 10.8 Å². The maximum absolute atomic E-state index is 12.4. The third-order valence-corrected chi connectivity index (χ3v) is 6.45. The van der Waals surface area contributed by atoms with Gasteiger partial charge in [-0.05, 0) is 25.0 Å². The molecule has 42 heavy (non-hydrogen) atoms. The molecule has 0 aliphatic heterocycles. The topological polar surface area (TPSA) is 80.3 Å². The lowest BCUT2D eigenvalue weighted by Gasteiger charge is -2.23. The van der Waals surface area contributed by atoms with Gasteiger partial charge in [0.25, 0.3) is 0 Å². The molecule has 2 atom stereocenters. The Morgan fingerprint density at radius 2 is 1.10 bits per heavy atom. The molecule has 216 valence electrons. The van der Waals surface area contributed by atoms with E-state index in [0.717, 1.165) is 21.9 Å². The van der Waals surface area contributed by atoms with Gasteiger partial charge in [0.1, 0.15) is 19.0 Å². The number of hydrogen-bond acceptors (Lipinski definition) is 7. The second kappa shape index (κ2) is 14.0. The van der Waals surface area contributed by atoms with Gasteiger partial charge in [0.2, 0.25) is 0 Å². The Bertz CT molecular complexity index is 1560. The lowest BCUT2D eigenvalue weighted by atomic mass is 10.1. The Labute approximate surface area is 245 Å². The molecule has 7 nitrogen and oxygen atoms in total. The molecule has 2 unspecified atom stereocenters. The van der Waals surface area contributed by atoms with Gasteiger partial charge in [-0.3, -0.25) is 0 Å². The van der Waals surface area contributed by atoms with Crippen LogP contribution in [0.1, 0.15) is 37.2 Å². The molecular formula is C35H34O7. The zero-order valence-electron chi connectivity index (χ0n) is 24.0. The summed E-state index contributed by atoms with van der Waals surface area (Å²) in [5.41, 5.74) is 2.17. The van der Waals surface area contributed by atoms with Crippen LogP contribution < -0.4 is 14.2 Å². The number of esters is 2. The smallest absolute Gasteiger partial charge is 0.333 e. The summed E-state index contributed by atoms with van der Waals surface area (Å²) in [4.78, 5) is 24.8. The second-order valence-electron chi connectivity index (χ2n) is 9.74. The van der Waals surface area contributed by atoms with Gasteiger partial charge in [0.05, 0.1) is 7.11 Å². The van der Waals surface area contributed by atoms with E-state index in [1.165, 1.54) is 7.11 Å². The molecule has 4 aromatic carbocycles. The summed E-state index contributed by atoms with van der Waals surface area (Å²) >= 11 is 0. The highest BCUT2D eigenvalue weighted by Crippen LogP contribution is 2.42. The molecule has 7 heteroatoms. The summed E-state index contributed by atoms with van der Waals surface area (Å²) in [5.74, 6) is 0.417. The van der Waals surface area contributed by atoms with E-state index in [1.807, 2.05) is 84.9 Å². The van der Waals surface area contributed by atoms with Crippen molar-refractivity contribution in [2.24, 2.45) is 0 Å². The third kappa shape index (κ3) is 7.37. The van der Waals surface area contributed by atoms with Gasteiger partial charge in [0.15, 0.2) is 23.7 Å². The number of benzene rings is 4. The van der Waals surface area contributed by atoms with Crippen LogP contribution in [0, 0.1) is 0 Å². The predicted molar refractivity (Wildman–Crippen MR) is 162 cm³/mol. The molecule has 0 N–H and O–H groups in total. The zero-order valence-corrected chi connectivity index (χ0v) is 24.0. The van der Waals surface area contributed by atoms with Gasteiger partial charge < -0.3 is 23.7 Å². The fourth-order valence-corrected chi connectivity index (χ4v) is 4.23. The average Bonchev–Trinajstić information content (AvgIpc) is 3.01. The highest BCUT2D eigenvalue weighted by Gasteiger charge is 2.23. The van der Waals surface area contributed by atoms with E-state index in [-0.39, 0.29) is 13.2 Å².